The Kier molecular flexibility index (Phi) is 2.93. The average Bonchev–Trinajstić information content (AvgIpc) is 2.98. The number of halogens is 1. The second kappa shape index (κ2) is 4.73. The fourth-order valence-corrected chi connectivity index (χ4v) is 2.02. The maximum atomic E-state index is 4.38. The second-order valence-electron chi connectivity index (χ2n) is 3.67. The molecule has 92 valence electrons. The number of aromatic nitrogens is 6. The number of hydrogen-bond acceptors (Lipinski definition) is 5. The summed E-state index contributed by atoms with van der Waals surface area (Å²) >= 11 is 3.44. The first-order valence-corrected chi connectivity index (χ1v) is 6.21. The highest BCUT2D eigenvalue weighted by atomic mass is 79.9. The number of H-pyrrole nitrogens is 1. The van der Waals surface area contributed by atoms with Crippen molar-refractivity contribution in [3.63, 3.8) is 0 Å². The Bertz CT molecular complexity index is 645. The monoisotopic (exact) mass is 307 g/mol. The summed E-state index contributed by atoms with van der Waals surface area (Å²) in [6.07, 6.45) is 4.10. The molecule has 0 atom stereocenters. The van der Waals surface area contributed by atoms with Gasteiger partial charge in [0, 0.05) is 19.2 Å². The predicted molar refractivity (Wildman–Crippen MR) is 69.3 cm³/mol. The Morgan fingerprint density at radius 2 is 2.39 bits per heavy atom. The molecule has 8 heteroatoms. The smallest absolute Gasteiger partial charge is 0.243 e. The topological polar surface area (TPSA) is 83.8 Å². The van der Waals surface area contributed by atoms with Crippen LogP contribution in [0.5, 0.6) is 0 Å². The van der Waals surface area contributed by atoms with E-state index in [0.717, 1.165) is 22.4 Å². The van der Waals surface area contributed by atoms with E-state index in [1.54, 1.807) is 4.52 Å². The van der Waals surface area contributed by atoms with Crippen LogP contribution in [0.15, 0.2) is 29.1 Å². The average molecular weight is 308 g/mol. The molecule has 0 radical (unpaired) electrons. The Hall–Kier alpha value is -1.96. The summed E-state index contributed by atoms with van der Waals surface area (Å²) in [4.78, 5) is 8.42. The number of anilines is 1. The lowest BCUT2D eigenvalue weighted by Gasteiger charge is -1.97. The molecule has 0 aliphatic carbocycles. The summed E-state index contributed by atoms with van der Waals surface area (Å²) in [6, 6.07) is 3.84. The van der Waals surface area contributed by atoms with Crippen molar-refractivity contribution in [3.8, 4) is 0 Å². The lowest BCUT2D eigenvalue weighted by molar-refractivity contribution is 0.884. The molecule has 0 amide bonds. The molecular formula is C10H10BrN7. The molecule has 0 aromatic carbocycles. The van der Waals surface area contributed by atoms with Crippen molar-refractivity contribution >= 4 is 27.5 Å². The largest absolute Gasteiger partial charge is 0.352 e. The van der Waals surface area contributed by atoms with Gasteiger partial charge in [-0.1, -0.05) is 0 Å². The van der Waals surface area contributed by atoms with E-state index < -0.39 is 0 Å². The molecule has 2 N–H and O–H groups in total. The summed E-state index contributed by atoms with van der Waals surface area (Å²) in [6.45, 7) is 0.698. The zero-order valence-corrected chi connectivity index (χ0v) is 10.9. The molecule has 0 spiro atoms. The fourth-order valence-electron chi connectivity index (χ4n) is 1.59. The third-order valence-electron chi connectivity index (χ3n) is 2.42. The molecule has 0 bridgehead atoms. The van der Waals surface area contributed by atoms with E-state index in [4.69, 9.17) is 0 Å². The lowest BCUT2D eigenvalue weighted by Crippen LogP contribution is -2.07. The SMILES string of the molecule is Brc1cccn2nc(NCCc3ncn[nH]3)nc12. The number of fused-ring (bicyclic) bond motifs is 1. The summed E-state index contributed by atoms with van der Waals surface area (Å²) in [5, 5.41) is 14.1. The minimum absolute atomic E-state index is 0.599. The zero-order valence-electron chi connectivity index (χ0n) is 9.34. The van der Waals surface area contributed by atoms with Gasteiger partial charge in [0.2, 0.25) is 5.95 Å². The molecule has 0 saturated carbocycles. The van der Waals surface area contributed by atoms with Crippen molar-refractivity contribution in [2.24, 2.45) is 0 Å². The Morgan fingerprint density at radius 3 is 3.17 bits per heavy atom. The van der Waals surface area contributed by atoms with Crippen LogP contribution in [0, 0.1) is 0 Å². The van der Waals surface area contributed by atoms with Gasteiger partial charge in [-0.05, 0) is 28.1 Å². The molecular weight excluding hydrogens is 298 g/mol. The van der Waals surface area contributed by atoms with Crippen molar-refractivity contribution in [3.05, 3.63) is 35.0 Å². The van der Waals surface area contributed by atoms with Gasteiger partial charge in [-0.25, -0.2) is 9.50 Å². The fraction of sp³-hybridized carbons (Fsp3) is 0.200. The van der Waals surface area contributed by atoms with Crippen LogP contribution in [0.2, 0.25) is 0 Å². The van der Waals surface area contributed by atoms with E-state index in [1.807, 2.05) is 18.3 Å². The van der Waals surface area contributed by atoms with Gasteiger partial charge in [-0.2, -0.15) is 10.1 Å². The third-order valence-corrected chi connectivity index (χ3v) is 3.04. The maximum absolute atomic E-state index is 4.38. The lowest BCUT2D eigenvalue weighted by atomic mass is 10.4. The van der Waals surface area contributed by atoms with E-state index in [1.165, 1.54) is 6.33 Å². The van der Waals surface area contributed by atoms with Crippen LogP contribution in [-0.4, -0.2) is 36.3 Å². The number of rotatable bonds is 4. The van der Waals surface area contributed by atoms with Crippen LogP contribution >= 0.6 is 15.9 Å². The van der Waals surface area contributed by atoms with E-state index in [2.05, 4.69) is 46.5 Å². The number of hydrogen-bond donors (Lipinski definition) is 2. The molecule has 0 saturated heterocycles. The normalized spacial score (nSPS) is 10.9. The van der Waals surface area contributed by atoms with Crippen LogP contribution in [0.4, 0.5) is 5.95 Å². The standard InChI is InChI=1S/C10H10BrN7/c11-7-2-1-5-18-9(7)15-10(17-18)12-4-3-8-13-6-14-16-8/h1-2,5-6H,3-4H2,(H,12,17)(H,13,14,16). The van der Waals surface area contributed by atoms with Gasteiger partial charge in [-0.3, -0.25) is 5.10 Å². The number of pyridine rings is 1. The number of aromatic amines is 1. The predicted octanol–water partition coefficient (Wildman–Crippen LogP) is 1.26. The summed E-state index contributed by atoms with van der Waals surface area (Å²) in [5.41, 5.74) is 0.791. The molecule has 0 aliphatic rings. The van der Waals surface area contributed by atoms with Crippen molar-refractivity contribution in [2.75, 3.05) is 11.9 Å². The van der Waals surface area contributed by atoms with Gasteiger partial charge in [0.05, 0.1) is 4.47 Å². The van der Waals surface area contributed by atoms with E-state index in [0.29, 0.717) is 12.5 Å². The van der Waals surface area contributed by atoms with Crippen LogP contribution in [-0.2, 0) is 6.42 Å². The molecule has 3 aromatic heterocycles. The molecule has 0 unspecified atom stereocenters. The van der Waals surface area contributed by atoms with Crippen LogP contribution in [0.3, 0.4) is 0 Å². The van der Waals surface area contributed by atoms with Crippen molar-refractivity contribution in [1.29, 1.82) is 0 Å². The first kappa shape index (κ1) is 11.1. The first-order chi connectivity index (χ1) is 8.83. The van der Waals surface area contributed by atoms with E-state index in [-0.39, 0.29) is 0 Å². The van der Waals surface area contributed by atoms with Crippen molar-refractivity contribution < 1.29 is 0 Å². The van der Waals surface area contributed by atoms with Gasteiger partial charge in [0.15, 0.2) is 5.65 Å². The van der Waals surface area contributed by atoms with Gasteiger partial charge >= 0.3 is 0 Å². The molecule has 3 heterocycles. The molecule has 3 rings (SSSR count). The highest BCUT2D eigenvalue weighted by Crippen LogP contribution is 2.16. The number of nitrogens with zero attached hydrogens (tertiary/aromatic N) is 5. The highest BCUT2D eigenvalue weighted by Gasteiger charge is 2.05. The molecule has 3 aromatic rings. The summed E-state index contributed by atoms with van der Waals surface area (Å²) in [7, 11) is 0. The Balaban J connectivity index is 1.69. The Morgan fingerprint density at radius 1 is 1.44 bits per heavy atom. The summed E-state index contributed by atoms with van der Waals surface area (Å²) in [5.74, 6) is 1.44. The molecule has 0 aliphatic heterocycles. The maximum Gasteiger partial charge on any atom is 0.243 e. The van der Waals surface area contributed by atoms with Gasteiger partial charge in [-0.15, -0.1) is 5.10 Å². The molecule has 0 fully saturated rings. The van der Waals surface area contributed by atoms with Crippen LogP contribution in [0.25, 0.3) is 5.65 Å². The molecule has 7 nitrogen and oxygen atoms in total. The van der Waals surface area contributed by atoms with E-state index in [9.17, 15) is 0 Å². The van der Waals surface area contributed by atoms with Gasteiger partial charge < -0.3 is 5.32 Å². The first-order valence-electron chi connectivity index (χ1n) is 5.42. The number of nitrogens with one attached hydrogen (secondary N) is 2. The van der Waals surface area contributed by atoms with E-state index >= 15 is 0 Å². The van der Waals surface area contributed by atoms with Crippen LogP contribution < -0.4 is 5.32 Å². The quantitative estimate of drug-likeness (QED) is 0.758. The minimum atomic E-state index is 0.599. The van der Waals surface area contributed by atoms with Crippen molar-refractivity contribution in [2.45, 2.75) is 6.42 Å². The second-order valence-corrected chi connectivity index (χ2v) is 4.52. The van der Waals surface area contributed by atoms with Crippen LogP contribution in [0.1, 0.15) is 5.82 Å². The van der Waals surface area contributed by atoms with Gasteiger partial charge in [0.1, 0.15) is 12.2 Å². The summed E-state index contributed by atoms with van der Waals surface area (Å²) < 4.78 is 2.64. The third kappa shape index (κ3) is 2.19. The highest BCUT2D eigenvalue weighted by molar-refractivity contribution is 9.10. The van der Waals surface area contributed by atoms with Gasteiger partial charge in [0.25, 0.3) is 0 Å². The minimum Gasteiger partial charge on any atom is -0.352 e. The Labute approximate surface area is 111 Å². The zero-order chi connectivity index (χ0) is 12.4. The molecule has 18 heavy (non-hydrogen) atoms. The van der Waals surface area contributed by atoms with Crippen molar-refractivity contribution in [1.82, 2.24) is 29.8 Å².